The number of likely N-dealkylation sites (N-methyl/N-ethyl adjacent to an activating group) is 1. The summed E-state index contributed by atoms with van der Waals surface area (Å²) in [5, 5.41) is 6.50. The Balaban J connectivity index is 1.71. The van der Waals surface area contributed by atoms with E-state index in [1.807, 2.05) is 13.1 Å². The molecule has 0 amide bonds. The lowest BCUT2D eigenvalue weighted by atomic mass is 9.82. The zero-order valence-electron chi connectivity index (χ0n) is 20.0. The number of benzene rings is 1. The van der Waals surface area contributed by atoms with Crippen LogP contribution in [-0.4, -0.2) is 33.5 Å². The van der Waals surface area contributed by atoms with Crippen molar-refractivity contribution in [2.75, 3.05) is 18.9 Å². The average molecular weight is 481 g/mol. The van der Waals surface area contributed by atoms with Crippen LogP contribution in [0.1, 0.15) is 37.5 Å². The Hall–Kier alpha value is -3.59. The van der Waals surface area contributed by atoms with Gasteiger partial charge in [0.15, 0.2) is 5.82 Å². The van der Waals surface area contributed by atoms with Crippen molar-refractivity contribution in [3.8, 4) is 11.3 Å². The standard InChI is InChI=1S/C26H27F3N6/c1-25(2,3)19-8-7-18(12-16(19)9-11-30-4)35-24-23-21(33-15-34-24)13-17(14-32-23)22-20(26(27,28)29)6-5-10-31-22/h5-8,10,12-15,30H,9,11H2,1-4H3,(H,33,34,35). The van der Waals surface area contributed by atoms with Crippen LogP contribution in [0.25, 0.3) is 22.3 Å². The highest BCUT2D eigenvalue weighted by Gasteiger charge is 2.34. The Bertz CT molecular complexity index is 1350. The molecule has 6 nitrogen and oxygen atoms in total. The van der Waals surface area contributed by atoms with E-state index >= 15 is 0 Å². The Morgan fingerprint density at radius 1 is 0.914 bits per heavy atom. The molecule has 9 heteroatoms. The van der Waals surface area contributed by atoms with Gasteiger partial charge in [-0.2, -0.15) is 13.2 Å². The third-order valence-corrected chi connectivity index (χ3v) is 5.68. The second kappa shape index (κ2) is 9.58. The molecule has 0 atom stereocenters. The van der Waals surface area contributed by atoms with E-state index in [0.717, 1.165) is 24.7 Å². The molecule has 182 valence electrons. The Morgan fingerprint density at radius 2 is 1.71 bits per heavy atom. The molecule has 0 bridgehead atoms. The number of hydrogen-bond donors (Lipinski definition) is 2. The topological polar surface area (TPSA) is 75.6 Å². The molecule has 0 saturated heterocycles. The van der Waals surface area contributed by atoms with Crippen molar-refractivity contribution >= 4 is 22.5 Å². The van der Waals surface area contributed by atoms with Gasteiger partial charge in [-0.3, -0.25) is 4.98 Å². The molecule has 0 unspecified atom stereocenters. The molecule has 0 aliphatic heterocycles. The number of hydrogen-bond acceptors (Lipinski definition) is 6. The first kappa shape index (κ1) is 24.5. The van der Waals surface area contributed by atoms with Gasteiger partial charge in [0.1, 0.15) is 11.8 Å². The Labute approximate surface area is 202 Å². The van der Waals surface area contributed by atoms with Gasteiger partial charge >= 0.3 is 6.18 Å². The van der Waals surface area contributed by atoms with Crippen molar-refractivity contribution in [1.29, 1.82) is 0 Å². The zero-order valence-corrected chi connectivity index (χ0v) is 20.0. The van der Waals surface area contributed by atoms with Crippen LogP contribution in [0, 0.1) is 0 Å². The second-order valence-electron chi connectivity index (χ2n) is 9.31. The molecule has 3 heterocycles. The van der Waals surface area contributed by atoms with E-state index in [-0.39, 0.29) is 16.7 Å². The maximum Gasteiger partial charge on any atom is 0.418 e. The van der Waals surface area contributed by atoms with Gasteiger partial charge in [0, 0.05) is 23.6 Å². The summed E-state index contributed by atoms with van der Waals surface area (Å²) in [4.78, 5) is 16.9. The molecule has 0 spiro atoms. The van der Waals surface area contributed by atoms with Crippen LogP contribution < -0.4 is 10.6 Å². The van der Waals surface area contributed by atoms with Gasteiger partial charge in [0.25, 0.3) is 0 Å². The van der Waals surface area contributed by atoms with Gasteiger partial charge in [0.2, 0.25) is 0 Å². The van der Waals surface area contributed by atoms with Crippen molar-refractivity contribution in [3.63, 3.8) is 0 Å². The highest BCUT2D eigenvalue weighted by Crippen LogP contribution is 2.36. The minimum absolute atomic E-state index is 0.00190. The van der Waals surface area contributed by atoms with E-state index < -0.39 is 11.7 Å². The van der Waals surface area contributed by atoms with E-state index in [0.29, 0.717) is 16.9 Å². The van der Waals surface area contributed by atoms with Crippen molar-refractivity contribution in [2.24, 2.45) is 0 Å². The molecule has 0 saturated carbocycles. The second-order valence-corrected chi connectivity index (χ2v) is 9.31. The van der Waals surface area contributed by atoms with Crippen molar-refractivity contribution < 1.29 is 13.2 Å². The Morgan fingerprint density at radius 3 is 2.43 bits per heavy atom. The number of anilines is 2. The summed E-state index contributed by atoms with van der Waals surface area (Å²) >= 11 is 0. The lowest BCUT2D eigenvalue weighted by Gasteiger charge is -2.24. The van der Waals surface area contributed by atoms with Gasteiger partial charge in [-0.25, -0.2) is 15.0 Å². The van der Waals surface area contributed by atoms with Crippen molar-refractivity contribution in [1.82, 2.24) is 25.3 Å². The molecule has 0 fully saturated rings. The Kier molecular flexibility index (Phi) is 6.71. The van der Waals surface area contributed by atoms with Gasteiger partial charge in [-0.05, 0) is 66.9 Å². The summed E-state index contributed by atoms with van der Waals surface area (Å²) in [6, 6.07) is 10.0. The monoisotopic (exact) mass is 480 g/mol. The molecule has 0 aliphatic carbocycles. The van der Waals surface area contributed by atoms with Crippen LogP contribution >= 0.6 is 0 Å². The largest absolute Gasteiger partial charge is 0.418 e. The van der Waals surface area contributed by atoms with Crippen LogP contribution in [0.4, 0.5) is 24.7 Å². The number of nitrogens with one attached hydrogen (secondary N) is 2. The van der Waals surface area contributed by atoms with E-state index in [4.69, 9.17) is 0 Å². The number of aromatic nitrogens is 4. The van der Waals surface area contributed by atoms with Crippen LogP contribution in [0.15, 0.2) is 55.1 Å². The van der Waals surface area contributed by atoms with Crippen LogP contribution in [0.3, 0.4) is 0 Å². The zero-order chi connectivity index (χ0) is 25.2. The third-order valence-electron chi connectivity index (χ3n) is 5.68. The number of rotatable bonds is 6. The molecule has 0 aliphatic rings. The minimum Gasteiger partial charge on any atom is -0.338 e. The van der Waals surface area contributed by atoms with Gasteiger partial charge in [0.05, 0.1) is 16.8 Å². The van der Waals surface area contributed by atoms with Crippen molar-refractivity contribution in [3.05, 3.63) is 71.8 Å². The van der Waals surface area contributed by atoms with E-state index in [1.165, 1.54) is 35.9 Å². The molecule has 3 aromatic heterocycles. The molecule has 4 aromatic rings. The maximum absolute atomic E-state index is 13.5. The summed E-state index contributed by atoms with van der Waals surface area (Å²) < 4.78 is 40.4. The summed E-state index contributed by atoms with van der Waals surface area (Å²) in [7, 11) is 1.93. The molecule has 35 heavy (non-hydrogen) atoms. The number of pyridine rings is 2. The summed E-state index contributed by atoms with van der Waals surface area (Å²) in [5.41, 5.74) is 3.44. The van der Waals surface area contributed by atoms with Crippen molar-refractivity contribution in [2.45, 2.75) is 38.8 Å². The number of nitrogens with zero attached hydrogens (tertiary/aromatic N) is 4. The number of halogens is 3. The predicted molar refractivity (Wildman–Crippen MR) is 132 cm³/mol. The fraction of sp³-hybridized carbons (Fsp3) is 0.308. The van der Waals surface area contributed by atoms with Gasteiger partial charge < -0.3 is 10.6 Å². The molecular weight excluding hydrogens is 453 g/mol. The smallest absolute Gasteiger partial charge is 0.338 e. The highest BCUT2D eigenvalue weighted by molar-refractivity contribution is 5.89. The fourth-order valence-electron chi connectivity index (χ4n) is 4.04. The number of fused-ring (bicyclic) bond motifs is 1. The molecule has 0 radical (unpaired) electrons. The highest BCUT2D eigenvalue weighted by atomic mass is 19.4. The fourth-order valence-corrected chi connectivity index (χ4v) is 4.04. The van der Waals surface area contributed by atoms with Gasteiger partial charge in [-0.1, -0.05) is 26.8 Å². The SMILES string of the molecule is CNCCc1cc(Nc2ncnc3cc(-c4ncccc4C(F)(F)F)cnc23)ccc1C(C)(C)C. The summed E-state index contributed by atoms with van der Waals surface area (Å²) in [6.07, 6.45) is 0.409. The van der Waals surface area contributed by atoms with E-state index in [1.54, 1.807) is 6.07 Å². The maximum atomic E-state index is 13.5. The first-order chi connectivity index (χ1) is 16.6. The van der Waals surface area contributed by atoms with E-state index in [2.05, 4.69) is 63.5 Å². The minimum atomic E-state index is -4.53. The van der Waals surface area contributed by atoms with Crippen LogP contribution in [0.2, 0.25) is 0 Å². The molecule has 4 rings (SSSR count). The molecule has 2 N–H and O–H groups in total. The first-order valence-electron chi connectivity index (χ1n) is 11.3. The van der Waals surface area contributed by atoms with Gasteiger partial charge in [-0.15, -0.1) is 0 Å². The lowest BCUT2D eigenvalue weighted by Crippen LogP contribution is -2.18. The van der Waals surface area contributed by atoms with Crippen LogP contribution in [-0.2, 0) is 18.0 Å². The molecular formula is C26H27F3N6. The normalized spacial score (nSPS) is 12.2. The first-order valence-corrected chi connectivity index (χ1v) is 11.3. The summed E-state index contributed by atoms with van der Waals surface area (Å²) in [6.45, 7) is 7.40. The third kappa shape index (κ3) is 5.40. The average Bonchev–Trinajstić information content (AvgIpc) is 2.81. The van der Waals surface area contributed by atoms with E-state index in [9.17, 15) is 13.2 Å². The lowest BCUT2D eigenvalue weighted by molar-refractivity contribution is -0.137. The molecule has 1 aromatic carbocycles. The van der Waals surface area contributed by atoms with Crippen LogP contribution in [0.5, 0.6) is 0 Å². The summed E-state index contributed by atoms with van der Waals surface area (Å²) in [5.74, 6) is 0.474. The quantitative estimate of drug-likeness (QED) is 0.357. The predicted octanol–water partition coefficient (Wildman–Crippen LogP) is 5.91. The number of alkyl halides is 3.